The summed E-state index contributed by atoms with van der Waals surface area (Å²) < 4.78 is 0. The van der Waals surface area contributed by atoms with E-state index in [9.17, 15) is 4.79 Å². The van der Waals surface area contributed by atoms with E-state index in [1.807, 2.05) is 6.92 Å². The highest BCUT2D eigenvalue weighted by molar-refractivity contribution is 8.00. The monoisotopic (exact) mass is 347 g/mol. The predicted molar refractivity (Wildman–Crippen MR) is 95.2 cm³/mol. The van der Waals surface area contributed by atoms with Crippen LogP contribution in [-0.4, -0.2) is 26.7 Å². The SMILES string of the molecule is CC(Sc1nc(N)cc(N)n1)C(=O)NC12CC3CC(CC(C3)C1)C2. The lowest BCUT2D eigenvalue weighted by molar-refractivity contribution is -0.126. The van der Waals surface area contributed by atoms with Gasteiger partial charge in [0.15, 0.2) is 5.16 Å². The van der Waals surface area contributed by atoms with Gasteiger partial charge in [0.05, 0.1) is 5.25 Å². The van der Waals surface area contributed by atoms with Crippen molar-refractivity contribution in [1.82, 2.24) is 15.3 Å². The molecule has 0 aliphatic heterocycles. The molecular weight excluding hydrogens is 322 g/mol. The molecule has 4 saturated carbocycles. The van der Waals surface area contributed by atoms with Crippen molar-refractivity contribution in [3.8, 4) is 0 Å². The Morgan fingerprint density at radius 3 is 2.17 bits per heavy atom. The molecule has 1 atom stereocenters. The first kappa shape index (κ1) is 16.0. The number of nitrogens with two attached hydrogens (primary N) is 2. The molecule has 1 aromatic rings. The Kier molecular flexibility index (Phi) is 3.86. The highest BCUT2D eigenvalue weighted by Gasteiger charge is 2.51. The van der Waals surface area contributed by atoms with Gasteiger partial charge in [0.1, 0.15) is 11.6 Å². The molecule has 1 amide bonds. The minimum Gasteiger partial charge on any atom is -0.383 e. The van der Waals surface area contributed by atoms with Crippen LogP contribution >= 0.6 is 11.8 Å². The average Bonchev–Trinajstić information content (AvgIpc) is 2.43. The van der Waals surface area contributed by atoms with Crippen LogP contribution in [0.25, 0.3) is 0 Å². The van der Waals surface area contributed by atoms with Crippen molar-refractivity contribution in [3.63, 3.8) is 0 Å². The van der Waals surface area contributed by atoms with Crippen LogP contribution in [0, 0.1) is 17.8 Å². The Balaban J connectivity index is 1.42. The van der Waals surface area contributed by atoms with Gasteiger partial charge in [-0.15, -0.1) is 0 Å². The van der Waals surface area contributed by atoms with Gasteiger partial charge in [-0.1, -0.05) is 11.8 Å². The summed E-state index contributed by atoms with van der Waals surface area (Å²) in [7, 11) is 0. The van der Waals surface area contributed by atoms with Crippen molar-refractivity contribution >= 4 is 29.3 Å². The highest BCUT2D eigenvalue weighted by atomic mass is 32.2. The number of carbonyl (C=O) groups is 1. The summed E-state index contributed by atoms with van der Waals surface area (Å²) in [5.74, 6) is 3.19. The fourth-order valence-electron chi connectivity index (χ4n) is 5.35. The van der Waals surface area contributed by atoms with E-state index in [1.165, 1.54) is 37.1 Å². The maximum Gasteiger partial charge on any atom is 0.233 e. The van der Waals surface area contributed by atoms with E-state index in [2.05, 4.69) is 15.3 Å². The van der Waals surface area contributed by atoms with E-state index in [0.717, 1.165) is 37.0 Å². The summed E-state index contributed by atoms with van der Waals surface area (Å²) in [5, 5.41) is 3.59. The molecular formula is C17H25N5OS. The first-order valence-corrected chi connectivity index (χ1v) is 9.67. The highest BCUT2D eigenvalue weighted by Crippen LogP contribution is 2.55. The first-order chi connectivity index (χ1) is 11.4. The summed E-state index contributed by atoms with van der Waals surface area (Å²) in [6.07, 6.45) is 7.58. The standard InChI is InChI=1S/C17H25N5OS/c1-9(24-16-20-13(18)5-14(19)21-16)15(23)22-17-6-10-2-11(7-17)4-12(3-10)8-17/h5,9-12H,2-4,6-8H2,1H3,(H,22,23)(H4,18,19,20,21). The summed E-state index contributed by atoms with van der Waals surface area (Å²) in [6.45, 7) is 1.89. The third-order valence-electron chi connectivity index (χ3n) is 5.82. The Bertz CT molecular complexity index is 609. The molecule has 0 spiro atoms. The predicted octanol–water partition coefficient (Wildman–Crippen LogP) is 2.21. The summed E-state index contributed by atoms with van der Waals surface area (Å²) in [5.41, 5.74) is 11.4. The van der Waals surface area contributed by atoms with Gasteiger partial charge in [0.2, 0.25) is 5.91 Å². The largest absolute Gasteiger partial charge is 0.383 e. The van der Waals surface area contributed by atoms with Crippen LogP contribution in [0.15, 0.2) is 11.2 Å². The number of anilines is 2. The van der Waals surface area contributed by atoms with Gasteiger partial charge in [-0.2, -0.15) is 0 Å². The first-order valence-electron chi connectivity index (χ1n) is 8.79. The lowest BCUT2D eigenvalue weighted by atomic mass is 9.53. The Hall–Kier alpha value is -1.50. The number of hydrogen-bond acceptors (Lipinski definition) is 6. The maximum absolute atomic E-state index is 12.8. The van der Waals surface area contributed by atoms with Gasteiger partial charge in [-0.3, -0.25) is 4.79 Å². The third-order valence-corrected chi connectivity index (χ3v) is 6.78. The molecule has 0 radical (unpaired) electrons. The summed E-state index contributed by atoms with van der Waals surface area (Å²) >= 11 is 1.31. The molecule has 7 heteroatoms. The number of rotatable bonds is 4. The van der Waals surface area contributed by atoms with Crippen LogP contribution in [0.3, 0.4) is 0 Å². The number of amides is 1. The molecule has 4 fully saturated rings. The van der Waals surface area contributed by atoms with E-state index in [4.69, 9.17) is 11.5 Å². The molecule has 1 unspecified atom stereocenters. The van der Waals surface area contributed by atoms with Crippen LogP contribution in [-0.2, 0) is 4.79 Å². The Morgan fingerprint density at radius 1 is 1.17 bits per heavy atom. The van der Waals surface area contributed by atoms with Crippen molar-refractivity contribution in [2.75, 3.05) is 11.5 Å². The average molecular weight is 347 g/mol. The van der Waals surface area contributed by atoms with Gasteiger partial charge in [-0.05, 0) is 63.2 Å². The maximum atomic E-state index is 12.8. The molecule has 0 saturated heterocycles. The molecule has 5 N–H and O–H groups in total. The number of nitrogen functional groups attached to an aromatic ring is 2. The van der Waals surface area contributed by atoms with Gasteiger partial charge in [-0.25, -0.2) is 9.97 Å². The van der Waals surface area contributed by atoms with Crippen LogP contribution in [0.1, 0.15) is 45.4 Å². The minimum atomic E-state index is -0.265. The topological polar surface area (TPSA) is 107 Å². The van der Waals surface area contributed by atoms with Crippen molar-refractivity contribution in [3.05, 3.63) is 6.07 Å². The van der Waals surface area contributed by atoms with Crippen molar-refractivity contribution < 1.29 is 4.79 Å². The molecule has 6 nitrogen and oxygen atoms in total. The second-order valence-corrected chi connectivity index (χ2v) is 9.26. The van der Waals surface area contributed by atoms with Crippen molar-refractivity contribution in [2.45, 2.75) is 61.4 Å². The quantitative estimate of drug-likeness (QED) is 0.569. The zero-order valence-electron chi connectivity index (χ0n) is 14.0. The molecule has 4 bridgehead atoms. The van der Waals surface area contributed by atoms with E-state index in [0.29, 0.717) is 16.8 Å². The Labute approximate surface area is 146 Å². The summed E-state index contributed by atoms with van der Waals surface area (Å²) in [4.78, 5) is 21.1. The van der Waals surface area contributed by atoms with Crippen molar-refractivity contribution in [2.24, 2.45) is 17.8 Å². The molecule has 24 heavy (non-hydrogen) atoms. The molecule has 0 aromatic carbocycles. The second-order valence-electron chi connectivity index (χ2n) is 7.95. The summed E-state index contributed by atoms with van der Waals surface area (Å²) in [6, 6.07) is 1.52. The van der Waals surface area contributed by atoms with Crippen LogP contribution in [0.5, 0.6) is 0 Å². The molecule has 130 valence electrons. The molecule has 5 rings (SSSR count). The van der Waals surface area contributed by atoms with Crippen molar-refractivity contribution in [1.29, 1.82) is 0 Å². The number of hydrogen-bond donors (Lipinski definition) is 3. The van der Waals surface area contributed by atoms with Gasteiger partial charge < -0.3 is 16.8 Å². The normalized spacial score (nSPS) is 35.0. The van der Waals surface area contributed by atoms with E-state index in [-0.39, 0.29) is 16.7 Å². The smallest absolute Gasteiger partial charge is 0.233 e. The van der Waals surface area contributed by atoms with E-state index in [1.54, 1.807) is 0 Å². The lowest BCUT2D eigenvalue weighted by Crippen LogP contribution is -2.60. The number of nitrogens with zero attached hydrogens (tertiary/aromatic N) is 2. The number of aromatic nitrogens is 2. The van der Waals surface area contributed by atoms with Gasteiger partial charge >= 0.3 is 0 Å². The van der Waals surface area contributed by atoms with E-state index >= 15 is 0 Å². The van der Waals surface area contributed by atoms with E-state index < -0.39 is 0 Å². The van der Waals surface area contributed by atoms with Gasteiger partial charge in [0, 0.05) is 11.6 Å². The number of thioether (sulfide) groups is 1. The number of nitrogens with one attached hydrogen (secondary N) is 1. The second kappa shape index (κ2) is 5.79. The van der Waals surface area contributed by atoms with Gasteiger partial charge in [0.25, 0.3) is 0 Å². The minimum absolute atomic E-state index is 0.0380. The Morgan fingerprint density at radius 2 is 1.67 bits per heavy atom. The molecule has 4 aliphatic rings. The third kappa shape index (κ3) is 3.06. The fraction of sp³-hybridized carbons (Fsp3) is 0.706. The number of carbonyl (C=O) groups excluding carboxylic acids is 1. The molecule has 1 aromatic heterocycles. The van der Waals surface area contributed by atoms with Crippen LogP contribution < -0.4 is 16.8 Å². The van der Waals surface area contributed by atoms with Crippen LogP contribution in [0.2, 0.25) is 0 Å². The molecule has 4 aliphatic carbocycles. The molecule has 1 heterocycles. The zero-order valence-corrected chi connectivity index (χ0v) is 14.8. The lowest BCUT2D eigenvalue weighted by Gasteiger charge is -2.57. The van der Waals surface area contributed by atoms with Crippen LogP contribution in [0.4, 0.5) is 11.6 Å². The zero-order chi connectivity index (χ0) is 16.9. The fourth-order valence-corrected chi connectivity index (χ4v) is 6.15.